The molecule has 0 aliphatic carbocycles. The summed E-state index contributed by atoms with van der Waals surface area (Å²) in [6, 6.07) is 7.49. The highest BCUT2D eigenvalue weighted by Crippen LogP contribution is 2.13. The maximum atomic E-state index is 10.8. The Morgan fingerprint density at radius 1 is 1.44 bits per heavy atom. The lowest BCUT2D eigenvalue weighted by atomic mass is 10.1. The molecular formula is C13H16O3. The van der Waals surface area contributed by atoms with Gasteiger partial charge in [0.25, 0.3) is 0 Å². The monoisotopic (exact) mass is 220 g/mol. The summed E-state index contributed by atoms with van der Waals surface area (Å²) >= 11 is 0. The van der Waals surface area contributed by atoms with Gasteiger partial charge in [0.1, 0.15) is 6.29 Å². The molecule has 3 nitrogen and oxygen atoms in total. The summed E-state index contributed by atoms with van der Waals surface area (Å²) in [6.45, 7) is 1.95. The Labute approximate surface area is 95.4 Å². The highest BCUT2D eigenvalue weighted by atomic mass is 16.5. The van der Waals surface area contributed by atoms with E-state index in [-0.39, 0.29) is 6.10 Å². The van der Waals surface area contributed by atoms with E-state index in [2.05, 4.69) is 0 Å². The minimum Gasteiger partial charge on any atom is -0.376 e. The summed E-state index contributed by atoms with van der Waals surface area (Å²) in [5, 5.41) is 0. The first-order chi connectivity index (χ1) is 7.90. The number of hydrogen-bond donors (Lipinski definition) is 0. The second-order valence-electron chi connectivity index (χ2n) is 3.97. The molecule has 86 valence electrons. The van der Waals surface area contributed by atoms with Gasteiger partial charge in [-0.2, -0.15) is 0 Å². The van der Waals surface area contributed by atoms with Gasteiger partial charge in [-0.3, -0.25) is 4.79 Å². The summed E-state index contributed by atoms with van der Waals surface area (Å²) < 4.78 is 11.0. The Morgan fingerprint density at radius 3 is 3.06 bits per heavy atom. The largest absolute Gasteiger partial charge is 0.376 e. The van der Waals surface area contributed by atoms with Crippen molar-refractivity contribution in [1.29, 1.82) is 0 Å². The molecule has 0 saturated carbocycles. The molecule has 0 N–H and O–H groups in total. The molecule has 16 heavy (non-hydrogen) atoms. The molecule has 1 aliphatic heterocycles. The highest BCUT2D eigenvalue weighted by molar-refractivity contribution is 5.76. The van der Waals surface area contributed by atoms with Gasteiger partial charge < -0.3 is 9.47 Å². The number of carbonyl (C=O) groups is 1. The van der Waals surface area contributed by atoms with Crippen LogP contribution in [0.25, 0.3) is 0 Å². The van der Waals surface area contributed by atoms with Gasteiger partial charge in [-0.25, -0.2) is 0 Å². The molecule has 0 spiro atoms. The van der Waals surface area contributed by atoms with Crippen LogP contribution in [-0.4, -0.2) is 25.6 Å². The molecule has 1 saturated heterocycles. The zero-order chi connectivity index (χ0) is 11.2. The Morgan fingerprint density at radius 2 is 2.31 bits per heavy atom. The fourth-order valence-electron chi connectivity index (χ4n) is 1.86. The maximum Gasteiger partial charge on any atom is 0.150 e. The van der Waals surface area contributed by atoms with E-state index >= 15 is 0 Å². The van der Waals surface area contributed by atoms with Crippen LogP contribution in [0.15, 0.2) is 24.3 Å². The third kappa shape index (κ3) is 2.90. The smallest absolute Gasteiger partial charge is 0.150 e. The van der Waals surface area contributed by atoms with Gasteiger partial charge in [0.05, 0.1) is 19.3 Å². The SMILES string of the molecule is O=Cc1ccccc1COC[C@@H]1CCCO1. The lowest BCUT2D eigenvalue weighted by Crippen LogP contribution is -2.14. The van der Waals surface area contributed by atoms with E-state index < -0.39 is 0 Å². The lowest BCUT2D eigenvalue weighted by Gasteiger charge is -2.10. The fourth-order valence-corrected chi connectivity index (χ4v) is 1.86. The molecule has 2 rings (SSSR count). The van der Waals surface area contributed by atoms with Crippen molar-refractivity contribution < 1.29 is 14.3 Å². The van der Waals surface area contributed by atoms with Gasteiger partial charge >= 0.3 is 0 Å². The van der Waals surface area contributed by atoms with Crippen molar-refractivity contribution in [2.24, 2.45) is 0 Å². The standard InChI is InChI=1S/C13H16O3/c14-8-11-4-1-2-5-12(11)9-15-10-13-6-3-7-16-13/h1-2,4-5,8,13H,3,6-7,9-10H2/t13-/m0/s1. The Kier molecular flexibility index (Phi) is 4.08. The zero-order valence-electron chi connectivity index (χ0n) is 9.22. The average Bonchev–Trinajstić information content (AvgIpc) is 2.83. The van der Waals surface area contributed by atoms with Gasteiger partial charge in [-0.15, -0.1) is 0 Å². The Hall–Kier alpha value is -1.19. The summed E-state index contributed by atoms with van der Waals surface area (Å²) in [5.74, 6) is 0. The fraction of sp³-hybridized carbons (Fsp3) is 0.462. The van der Waals surface area contributed by atoms with Crippen LogP contribution in [0, 0.1) is 0 Å². The van der Waals surface area contributed by atoms with E-state index in [9.17, 15) is 4.79 Å². The van der Waals surface area contributed by atoms with Crippen LogP contribution in [0.3, 0.4) is 0 Å². The number of carbonyl (C=O) groups excluding carboxylic acids is 1. The zero-order valence-corrected chi connectivity index (χ0v) is 9.22. The van der Waals surface area contributed by atoms with Crippen molar-refractivity contribution in [3.05, 3.63) is 35.4 Å². The van der Waals surface area contributed by atoms with Crippen LogP contribution < -0.4 is 0 Å². The quantitative estimate of drug-likeness (QED) is 0.713. The van der Waals surface area contributed by atoms with Crippen LogP contribution in [0.1, 0.15) is 28.8 Å². The number of hydrogen-bond acceptors (Lipinski definition) is 3. The van der Waals surface area contributed by atoms with Crippen molar-refractivity contribution in [2.45, 2.75) is 25.6 Å². The van der Waals surface area contributed by atoms with E-state index in [0.29, 0.717) is 18.8 Å². The van der Waals surface area contributed by atoms with Crippen molar-refractivity contribution in [3.63, 3.8) is 0 Å². The van der Waals surface area contributed by atoms with Gasteiger partial charge in [-0.05, 0) is 18.4 Å². The molecule has 3 heteroatoms. The molecule has 1 aliphatic rings. The first kappa shape index (κ1) is 11.3. The van der Waals surface area contributed by atoms with Crippen molar-refractivity contribution >= 4 is 6.29 Å². The molecule has 1 aromatic carbocycles. The van der Waals surface area contributed by atoms with Gasteiger partial charge in [0.15, 0.2) is 0 Å². The lowest BCUT2D eigenvalue weighted by molar-refractivity contribution is 0.0105. The second-order valence-corrected chi connectivity index (χ2v) is 3.97. The molecular weight excluding hydrogens is 204 g/mol. The van der Waals surface area contributed by atoms with Gasteiger partial charge in [-0.1, -0.05) is 24.3 Å². The minimum absolute atomic E-state index is 0.239. The van der Waals surface area contributed by atoms with E-state index in [0.717, 1.165) is 31.3 Å². The van der Waals surface area contributed by atoms with E-state index in [1.54, 1.807) is 6.07 Å². The van der Waals surface area contributed by atoms with Crippen LogP contribution in [0.4, 0.5) is 0 Å². The average molecular weight is 220 g/mol. The number of aldehydes is 1. The third-order valence-electron chi connectivity index (χ3n) is 2.77. The third-order valence-corrected chi connectivity index (χ3v) is 2.77. The summed E-state index contributed by atoms with van der Waals surface area (Å²) in [6.07, 6.45) is 3.31. The molecule has 1 aromatic rings. The van der Waals surface area contributed by atoms with E-state index in [1.165, 1.54) is 0 Å². The van der Waals surface area contributed by atoms with Crippen molar-refractivity contribution in [2.75, 3.05) is 13.2 Å². The van der Waals surface area contributed by atoms with Crippen LogP contribution >= 0.6 is 0 Å². The topological polar surface area (TPSA) is 35.5 Å². The molecule has 0 unspecified atom stereocenters. The molecule has 1 heterocycles. The van der Waals surface area contributed by atoms with Gasteiger partial charge in [0.2, 0.25) is 0 Å². The Balaban J connectivity index is 1.82. The predicted octanol–water partition coefficient (Wildman–Crippen LogP) is 2.19. The molecule has 0 amide bonds. The number of rotatable bonds is 5. The molecule has 1 fully saturated rings. The first-order valence-electron chi connectivity index (χ1n) is 5.62. The van der Waals surface area contributed by atoms with Crippen LogP contribution in [0.2, 0.25) is 0 Å². The van der Waals surface area contributed by atoms with E-state index in [4.69, 9.17) is 9.47 Å². The predicted molar refractivity (Wildman–Crippen MR) is 60.5 cm³/mol. The number of ether oxygens (including phenoxy) is 2. The molecule has 0 radical (unpaired) electrons. The van der Waals surface area contributed by atoms with Crippen LogP contribution in [0.5, 0.6) is 0 Å². The Bertz CT molecular complexity index is 343. The molecule has 0 bridgehead atoms. The first-order valence-corrected chi connectivity index (χ1v) is 5.62. The normalized spacial score (nSPS) is 19.9. The highest BCUT2D eigenvalue weighted by Gasteiger charge is 2.15. The second kappa shape index (κ2) is 5.77. The summed E-state index contributed by atoms with van der Waals surface area (Å²) in [5.41, 5.74) is 1.64. The van der Waals surface area contributed by atoms with Gasteiger partial charge in [0, 0.05) is 12.2 Å². The van der Waals surface area contributed by atoms with Crippen molar-refractivity contribution in [1.82, 2.24) is 0 Å². The van der Waals surface area contributed by atoms with Crippen LogP contribution in [-0.2, 0) is 16.1 Å². The summed E-state index contributed by atoms with van der Waals surface area (Å²) in [7, 11) is 0. The summed E-state index contributed by atoms with van der Waals surface area (Å²) in [4.78, 5) is 10.8. The molecule has 1 atom stereocenters. The van der Waals surface area contributed by atoms with E-state index in [1.807, 2.05) is 18.2 Å². The minimum atomic E-state index is 0.239. The number of benzene rings is 1. The maximum absolute atomic E-state index is 10.8. The molecule has 0 aromatic heterocycles. The van der Waals surface area contributed by atoms with Crippen molar-refractivity contribution in [3.8, 4) is 0 Å².